The largest absolute Gasteiger partial charge is 0.298 e. The zero-order valence-electron chi connectivity index (χ0n) is 7.09. The minimum atomic E-state index is -0.448. The summed E-state index contributed by atoms with van der Waals surface area (Å²) in [6.45, 7) is 0. The third-order valence-corrected chi connectivity index (χ3v) is 1.78. The first-order valence-electron chi connectivity index (χ1n) is 3.91. The molecule has 1 aromatic heterocycles. The summed E-state index contributed by atoms with van der Waals surface area (Å²) in [6, 6.07) is 3.90. The van der Waals surface area contributed by atoms with Crippen LogP contribution in [0.4, 0.5) is 4.39 Å². The number of rotatable bonds is 2. The predicted octanol–water partition coefficient (Wildman–Crippen LogP) is 1.22. The van der Waals surface area contributed by atoms with Gasteiger partial charge in [-0.05, 0) is 18.2 Å². The highest BCUT2D eigenvalue weighted by Crippen LogP contribution is 2.12. The molecule has 0 amide bonds. The van der Waals surface area contributed by atoms with Crippen molar-refractivity contribution < 1.29 is 9.18 Å². The number of benzene rings is 1. The summed E-state index contributed by atoms with van der Waals surface area (Å²) in [5.74, 6) is -0.448. The number of nitrogens with zero attached hydrogens (tertiary/aromatic N) is 3. The van der Waals surface area contributed by atoms with Crippen molar-refractivity contribution in [3.05, 3.63) is 42.2 Å². The summed E-state index contributed by atoms with van der Waals surface area (Å²) >= 11 is 0. The molecule has 0 fully saturated rings. The molecule has 1 aromatic carbocycles. The van der Waals surface area contributed by atoms with E-state index in [4.69, 9.17) is 0 Å². The van der Waals surface area contributed by atoms with Crippen LogP contribution >= 0.6 is 0 Å². The monoisotopic (exact) mass is 191 g/mol. The topological polar surface area (TPSA) is 47.8 Å². The van der Waals surface area contributed by atoms with E-state index in [0.29, 0.717) is 12.0 Å². The van der Waals surface area contributed by atoms with E-state index in [1.165, 1.54) is 29.5 Å². The molecular formula is C9H6FN3O. The summed E-state index contributed by atoms with van der Waals surface area (Å²) in [5, 5.41) is 3.85. The minimum absolute atomic E-state index is 0.246. The quantitative estimate of drug-likeness (QED) is 0.670. The second-order valence-corrected chi connectivity index (χ2v) is 2.66. The maximum Gasteiger partial charge on any atom is 0.152 e. The Bertz CT molecular complexity index is 453. The van der Waals surface area contributed by atoms with Crippen LogP contribution in [0.25, 0.3) is 5.69 Å². The Balaban J connectivity index is 2.58. The molecule has 0 N–H and O–H groups in total. The highest BCUT2D eigenvalue weighted by Gasteiger charge is 2.05. The fraction of sp³-hybridized carbons (Fsp3) is 0. The van der Waals surface area contributed by atoms with Crippen molar-refractivity contribution >= 4 is 6.29 Å². The van der Waals surface area contributed by atoms with Crippen molar-refractivity contribution in [3.63, 3.8) is 0 Å². The van der Waals surface area contributed by atoms with Crippen LogP contribution in [-0.4, -0.2) is 21.1 Å². The second kappa shape index (κ2) is 3.37. The molecule has 0 saturated heterocycles. The molecule has 0 spiro atoms. The first-order valence-corrected chi connectivity index (χ1v) is 3.91. The Morgan fingerprint density at radius 2 is 2.29 bits per heavy atom. The Morgan fingerprint density at radius 1 is 1.43 bits per heavy atom. The van der Waals surface area contributed by atoms with Gasteiger partial charge in [-0.3, -0.25) is 4.79 Å². The maximum absolute atomic E-state index is 12.8. The van der Waals surface area contributed by atoms with Gasteiger partial charge in [0.05, 0.1) is 5.69 Å². The van der Waals surface area contributed by atoms with Crippen molar-refractivity contribution in [3.8, 4) is 5.69 Å². The summed E-state index contributed by atoms with van der Waals surface area (Å²) < 4.78 is 14.2. The first kappa shape index (κ1) is 8.55. The van der Waals surface area contributed by atoms with E-state index >= 15 is 0 Å². The molecule has 0 aliphatic heterocycles. The van der Waals surface area contributed by atoms with Gasteiger partial charge in [0, 0.05) is 5.56 Å². The summed E-state index contributed by atoms with van der Waals surface area (Å²) in [6.07, 6.45) is 3.37. The van der Waals surface area contributed by atoms with Crippen LogP contribution in [-0.2, 0) is 0 Å². The van der Waals surface area contributed by atoms with E-state index in [0.717, 1.165) is 6.07 Å². The van der Waals surface area contributed by atoms with Gasteiger partial charge in [0.15, 0.2) is 6.29 Å². The average molecular weight is 191 g/mol. The molecule has 14 heavy (non-hydrogen) atoms. The number of hydrogen-bond acceptors (Lipinski definition) is 3. The van der Waals surface area contributed by atoms with Crippen molar-refractivity contribution in [1.82, 2.24) is 14.8 Å². The van der Waals surface area contributed by atoms with E-state index in [-0.39, 0.29) is 5.56 Å². The smallest absolute Gasteiger partial charge is 0.152 e. The second-order valence-electron chi connectivity index (χ2n) is 2.66. The van der Waals surface area contributed by atoms with Gasteiger partial charge in [-0.15, -0.1) is 0 Å². The Hall–Kier alpha value is -2.04. The van der Waals surface area contributed by atoms with Gasteiger partial charge in [-0.1, -0.05) is 0 Å². The van der Waals surface area contributed by atoms with Crippen LogP contribution in [0.2, 0.25) is 0 Å². The lowest BCUT2D eigenvalue weighted by Crippen LogP contribution is -1.99. The van der Waals surface area contributed by atoms with Crippen molar-refractivity contribution in [2.24, 2.45) is 0 Å². The van der Waals surface area contributed by atoms with E-state index in [1.54, 1.807) is 0 Å². The molecule has 0 unspecified atom stereocenters. The van der Waals surface area contributed by atoms with Crippen LogP contribution in [0.3, 0.4) is 0 Å². The molecule has 2 aromatic rings. The SMILES string of the molecule is O=Cc1cc(F)ccc1-n1cncn1. The van der Waals surface area contributed by atoms with Gasteiger partial charge in [0.25, 0.3) is 0 Å². The molecule has 0 bridgehead atoms. The molecule has 70 valence electrons. The number of aldehydes is 1. The molecule has 0 aliphatic rings. The van der Waals surface area contributed by atoms with Crippen LogP contribution in [0.1, 0.15) is 10.4 Å². The van der Waals surface area contributed by atoms with E-state index in [1.807, 2.05) is 0 Å². The van der Waals surface area contributed by atoms with Gasteiger partial charge in [0.2, 0.25) is 0 Å². The fourth-order valence-electron chi connectivity index (χ4n) is 1.16. The third-order valence-electron chi connectivity index (χ3n) is 1.78. The minimum Gasteiger partial charge on any atom is -0.298 e. The Kier molecular flexibility index (Phi) is 2.06. The van der Waals surface area contributed by atoms with Crippen molar-refractivity contribution in [1.29, 1.82) is 0 Å². The lowest BCUT2D eigenvalue weighted by molar-refractivity contribution is 0.112. The summed E-state index contributed by atoms with van der Waals surface area (Å²) in [4.78, 5) is 14.4. The number of carbonyl (C=O) groups is 1. The standard InChI is InChI=1S/C9H6FN3O/c10-8-1-2-9(7(3-8)4-14)13-6-11-5-12-13/h1-6H. The number of halogens is 1. The fourth-order valence-corrected chi connectivity index (χ4v) is 1.16. The Labute approximate surface area is 79.0 Å². The molecule has 2 rings (SSSR count). The van der Waals surface area contributed by atoms with Crippen molar-refractivity contribution in [2.75, 3.05) is 0 Å². The van der Waals surface area contributed by atoms with Gasteiger partial charge in [0.1, 0.15) is 18.5 Å². The lowest BCUT2D eigenvalue weighted by atomic mass is 10.2. The molecular weight excluding hydrogens is 185 g/mol. The highest BCUT2D eigenvalue weighted by atomic mass is 19.1. The third kappa shape index (κ3) is 1.39. The van der Waals surface area contributed by atoms with Crippen LogP contribution in [0.15, 0.2) is 30.9 Å². The number of aromatic nitrogens is 3. The molecule has 0 radical (unpaired) electrons. The predicted molar refractivity (Wildman–Crippen MR) is 46.7 cm³/mol. The molecule has 4 nitrogen and oxygen atoms in total. The number of carbonyl (C=O) groups excluding carboxylic acids is 1. The summed E-state index contributed by atoms with van der Waals surface area (Å²) in [5.41, 5.74) is 0.759. The maximum atomic E-state index is 12.8. The zero-order chi connectivity index (χ0) is 9.97. The normalized spacial score (nSPS) is 10.1. The van der Waals surface area contributed by atoms with Gasteiger partial charge in [-0.2, -0.15) is 5.10 Å². The molecule has 1 heterocycles. The average Bonchev–Trinajstić information content (AvgIpc) is 2.70. The van der Waals surface area contributed by atoms with E-state index in [9.17, 15) is 9.18 Å². The lowest BCUT2D eigenvalue weighted by Gasteiger charge is -2.02. The zero-order valence-corrected chi connectivity index (χ0v) is 7.09. The van der Waals surface area contributed by atoms with Gasteiger partial charge >= 0.3 is 0 Å². The molecule has 0 saturated carbocycles. The van der Waals surface area contributed by atoms with E-state index in [2.05, 4.69) is 10.1 Å². The molecule has 5 heteroatoms. The van der Waals surface area contributed by atoms with Gasteiger partial charge < -0.3 is 0 Å². The van der Waals surface area contributed by atoms with Gasteiger partial charge in [-0.25, -0.2) is 14.1 Å². The van der Waals surface area contributed by atoms with E-state index < -0.39 is 5.82 Å². The molecule has 0 atom stereocenters. The molecule has 0 aliphatic carbocycles. The highest BCUT2D eigenvalue weighted by molar-refractivity contribution is 5.80. The summed E-state index contributed by atoms with van der Waals surface area (Å²) in [7, 11) is 0. The van der Waals surface area contributed by atoms with Crippen molar-refractivity contribution in [2.45, 2.75) is 0 Å². The first-order chi connectivity index (χ1) is 6.81. The van der Waals surface area contributed by atoms with Crippen LogP contribution in [0, 0.1) is 5.82 Å². The van der Waals surface area contributed by atoms with Crippen LogP contribution < -0.4 is 0 Å². The Morgan fingerprint density at radius 3 is 2.93 bits per heavy atom. The van der Waals surface area contributed by atoms with Crippen LogP contribution in [0.5, 0.6) is 0 Å². The number of hydrogen-bond donors (Lipinski definition) is 0.